The van der Waals surface area contributed by atoms with Crippen LogP contribution in [0, 0.1) is 5.82 Å². The first-order valence-electron chi connectivity index (χ1n) is 6.43. The third-order valence-corrected chi connectivity index (χ3v) is 3.46. The van der Waals surface area contributed by atoms with Crippen LogP contribution in [0.2, 0.25) is 0 Å². The Hall–Kier alpha value is -2.16. The van der Waals surface area contributed by atoms with E-state index in [0.29, 0.717) is 5.69 Å². The van der Waals surface area contributed by atoms with Crippen LogP contribution in [0.25, 0.3) is 0 Å². The summed E-state index contributed by atoms with van der Waals surface area (Å²) in [4.78, 5) is 18.8. The summed E-state index contributed by atoms with van der Waals surface area (Å²) in [7, 11) is 0. The van der Waals surface area contributed by atoms with E-state index in [-0.39, 0.29) is 23.2 Å². The zero-order valence-corrected chi connectivity index (χ0v) is 12.4. The van der Waals surface area contributed by atoms with Crippen molar-refractivity contribution in [3.8, 4) is 0 Å². The molecule has 0 fully saturated rings. The second-order valence-electron chi connectivity index (χ2n) is 4.38. The number of carbonyl (C=O) groups is 1. The van der Waals surface area contributed by atoms with Crippen molar-refractivity contribution in [1.82, 2.24) is 9.97 Å². The number of alkyl halides is 3. The average Bonchev–Trinajstić information content (AvgIpc) is 2.46. The molecular weight excluding hydrogens is 334 g/mol. The van der Waals surface area contributed by atoms with Gasteiger partial charge in [0.05, 0.1) is 0 Å². The van der Waals surface area contributed by atoms with Crippen molar-refractivity contribution in [1.29, 1.82) is 0 Å². The summed E-state index contributed by atoms with van der Waals surface area (Å²) in [6.07, 6.45) is -3.49. The Bertz CT molecular complexity index is 694. The molecule has 0 aliphatic heterocycles. The topological polar surface area (TPSA) is 54.9 Å². The molecule has 1 aromatic heterocycles. The Labute approximate surface area is 133 Å². The van der Waals surface area contributed by atoms with E-state index in [9.17, 15) is 22.4 Å². The van der Waals surface area contributed by atoms with Crippen LogP contribution in [0.3, 0.4) is 0 Å². The molecule has 0 saturated carbocycles. The summed E-state index contributed by atoms with van der Waals surface area (Å²) in [5, 5.41) is 2.43. The molecule has 0 atom stereocenters. The lowest BCUT2D eigenvalue weighted by Crippen LogP contribution is -2.12. The van der Waals surface area contributed by atoms with Crippen molar-refractivity contribution < 1.29 is 22.4 Å². The summed E-state index contributed by atoms with van der Waals surface area (Å²) in [5.74, 6) is -0.660. The molecule has 1 heterocycles. The number of hydrogen-bond donors (Lipinski definition) is 1. The molecule has 0 radical (unpaired) electrons. The minimum absolute atomic E-state index is 0.0286. The first kappa shape index (κ1) is 17.2. The predicted octanol–water partition coefficient (Wildman–Crippen LogP) is 3.76. The molecule has 0 spiro atoms. The fourth-order valence-corrected chi connectivity index (χ4v) is 2.36. The van der Waals surface area contributed by atoms with Gasteiger partial charge in [0.25, 0.3) is 0 Å². The number of rotatable bonds is 5. The molecule has 0 bridgehead atoms. The third kappa shape index (κ3) is 5.51. The molecule has 2 aromatic rings. The third-order valence-electron chi connectivity index (χ3n) is 2.59. The highest BCUT2D eigenvalue weighted by atomic mass is 32.2. The maximum absolute atomic E-state index is 13.0. The van der Waals surface area contributed by atoms with Crippen molar-refractivity contribution in [2.24, 2.45) is 0 Å². The van der Waals surface area contributed by atoms with Crippen LogP contribution in [-0.2, 0) is 11.0 Å². The number of nitrogens with one attached hydrogen (secondary N) is 1. The van der Waals surface area contributed by atoms with E-state index in [4.69, 9.17) is 0 Å². The Kier molecular flexibility index (Phi) is 5.54. The van der Waals surface area contributed by atoms with Gasteiger partial charge in [-0.05, 0) is 24.3 Å². The van der Waals surface area contributed by atoms with Gasteiger partial charge < -0.3 is 5.32 Å². The van der Waals surface area contributed by atoms with Crippen molar-refractivity contribution in [3.05, 3.63) is 48.0 Å². The van der Waals surface area contributed by atoms with Crippen LogP contribution in [0.1, 0.15) is 12.1 Å². The smallest absolute Gasteiger partial charge is 0.326 e. The Morgan fingerprint density at radius 1 is 1.26 bits per heavy atom. The van der Waals surface area contributed by atoms with Crippen molar-refractivity contribution in [3.63, 3.8) is 0 Å². The molecule has 1 aromatic carbocycles. The lowest BCUT2D eigenvalue weighted by Gasteiger charge is -2.07. The van der Waals surface area contributed by atoms with Crippen LogP contribution in [-0.4, -0.2) is 21.6 Å². The first-order chi connectivity index (χ1) is 10.8. The quantitative estimate of drug-likeness (QED) is 0.509. The number of benzene rings is 1. The average molecular weight is 345 g/mol. The van der Waals surface area contributed by atoms with Crippen LogP contribution in [0.15, 0.2) is 41.7 Å². The van der Waals surface area contributed by atoms with Gasteiger partial charge in [-0.15, -0.1) is 0 Å². The highest BCUT2D eigenvalue weighted by molar-refractivity contribution is 7.99. The summed E-state index contributed by atoms with van der Waals surface area (Å²) in [6.45, 7) is 0. The normalized spacial score (nSPS) is 11.3. The monoisotopic (exact) mass is 345 g/mol. The van der Waals surface area contributed by atoms with Crippen molar-refractivity contribution in [2.45, 2.75) is 17.8 Å². The lowest BCUT2D eigenvalue weighted by molar-refractivity contribution is -0.141. The van der Waals surface area contributed by atoms with Gasteiger partial charge in [-0.1, -0.05) is 17.8 Å². The molecule has 0 unspecified atom stereocenters. The van der Waals surface area contributed by atoms with Crippen molar-refractivity contribution in [2.75, 3.05) is 11.1 Å². The molecule has 0 saturated heterocycles. The Morgan fingerprint density at radius 3 is 2.74 bits per heavy atom. The molecule has 0 aliphatic rings. The highest BCUT2D eigenvalue weighted by Crippen LogP contribution is 2.28. The van der Waals surface area contributed by atoms with E-state index in [1.807, 2.05) is 0 Å². The van der Waals surface area contributed by atoms with Gasteiger partial charge in [0.15, 0.2) is 5.16 Å². The van der Waals surface area contributed by atoms with Gasteiger partial charge in [0, 0.05) is 24.1 Å². The summed E-state index contributed by atoms with van der Waals surface area (Å²) in [5.41, 5.74) is -0.713. The number of hydrogen-bond acceptors (Lipinski definition) is 4. The van der Waals surface area contributed by atoms with Crippen LogP contribution in [0.4, 0.5) is 23.2 Å². The van der Waals surface area contributed by atoms with Crippen LogP contribution >= 0.6 is 11.8 Å². The Morgan fingerprint density at radius 2 is 2.04 bits per heavy atom. The van der Waals surface area contributed by atoms with E-state index < -0.39 is 17.7 Å². The maximum atomic E-state index is 13.0. The number of nitrogens with zero attached hydrogens (tertiary/aromatic N) is 2. The number of anilines is 1. The lowest BCUT2D eigenvalue weighted by atomic mass is 10.3. The van der Waals surface area contributed by atoms with Crippen LogP contribution < -0.4 is 5.32 Å². The minimum Gasteiger partial charge on any atom is -0.326 e. The second-order valence-corrected chi connectivity index (χ2v) is 5.44. The van der Waals surface area contributed by atoms with Crippen LogP contribution in [0.5, 0.6) is 0 Å². The SMILES string of the molecule is O=C(CCSc1nccc(C(F)(F)F)n1)Nc1cccc(F)c1. The number of halogens is 4. The number of aromatic nitrogens is 2. The van der Waals surface area contributed by atoms with E-state index in [1.165, 1.54) is 24.3 Å². The minimum atomic E-state index is -4.53. The number of carbonyl (C=O) groups excluding carboxylic acids is 1. The zero-order valence-electron chi connectivity index (χ0n) is 11.6. The summed E-state index contributed by atoms with van der Waals surface area (Å²) < 4.78 is 50.5. The fourth-order valence-electron chi connectivity index (χ4n) is 1.59. The highest BCUT2D eigenvalue weighted by Gasteiger charge is 2.32. The fraction of sp³-hybridized carbons (Fsp3) is 0.214. The van der Waals surface area contributed by atoms with Gasteiger partial charge in [-0.2, -0.15) is 13.2 Å². The van der Waals surface area contributed by atoms with E-state index in [0.717, 1.165) is 24.0 Å². The van der Waals surface area contributed by atoms with E-state index >= 15 is 0 Å². The van der Waals surface area contributed by atoms with E-state index in [2.05, 4.69) is 15.3 Å². The van der Waals surface area contributed by atoms with Gasteiger partial charge in [0.1, 0.15) is 11.5 Å². The molecule has 2 rings (SSSR count). The molecular formula is C14H11F4N3OS. The molecule has 9 heteroatoms. The number of thioether (sulfide) groups is 1. The molecule has 1 N–H and O–H groups in total. The molecule has 122 valence electrons. The predicted molar refractivity (Wildman–Crippen MR) is 77.4 cm³/mol. The standard InChI is InChI=1S/C14H11F4N3OS/c15-9-2-1-3-10(8-9)20-12(22)5-7-23-13-19-6-4-11(21-13)14(16,17)18/h1-4,6,8H,5,7H2,(H,20,22). The van der Waals surface area contributed by atoms with E-state index in [1.54, 1.807) is 0 Å². The first-order valence-corrected chi connectivity index (χ1v) is 7.41. The van der Waals surface area contributed by atoms with Gasteiger partial charge >= 0.3 is 6.18 Å². The zero-order chi connectivity index (χ0) is 16.9. The molecule has 0 aliphatic carbocycles. The maximum Gasteiger partial charge on any atom is 0.433 e. The summed E-state index contributed by atoms with van der Waals surface area (Å²) >= 11 is 0.936. The van der Waals surface area contributed by atoms with Gasteiger partial charge in [-0.3, -0.25) is 4.79 Å². The van der Waals surface area contributed by atoms with Gasteiger partial charge in [-0.25, -0.2) is 14.4 Å². The Balaban J connectivity index is 1.84. The molecule has 1 amide bonds. The molecule has 23 heavy (non-hydrogen) atoms. The van der Waals surface area contributed by atoms with Gasteiger partial charge in [0.2, 0.25) is 5.91 Å². The van der Waals surface area contributed by atoms with Crippen molar-refractivity contribution >= 4 is 23.4 Å². The summed E-state index contributed by atoms with van der Waals surface area (Å²) in [6, 6.07) is 6.18. The number of amides is 1. The molecule has 4 nitrogen and oxygen atoms in total. The largest absolute Gasteiger partial charge is 0.433 e. The second kappa shape index (κ2) is 7.40.